The fourth-order valence-corrected chi connectivity index (χ4v) is 4.44. The van der Waals surface area contributed by atoms with E-state index in [9.17, 15) is 9.59 Å². The lowest BCUT2D eigenvalue weighted by molar-refractivity contribution is -0.119. The molecule has 0 bridgehead atoms. The van der Waals surface area contributed by atoms with Gasteiger partial charge in [-0.05, 0) is 29.8 Å². The van der Waals surface area contributed by atoms with Crippen molar-refractivity contribution in [2.75, 3.05) is 5.75 Å². The quantitative estimate of drug-likeness (QED) is 0.558. The van der Waals surface area contributed by atoms with Crippen LogP contribution in [0.25, 0.3) is 10.2 Å². The molecule has 5 nitrogen and oxygen atoms in total. The number of hydrogen-bond donors (Lipinski definition) is 1. The molecule has 23 heavy (non-hydrogen) atoms. The molecule has 3 aromatic heterocycles. The molecule has 0 aliphatic carbocycles. The Balaban J connectivity index is 1.67. The van der Waals surface area contributed by atoms with Crippen molar-refractivity contribution >= 4 is 50.6 Å². The summed E-state index contributed by atoms with van der Waals surface area (Å²) in [5.74, 6) is 0.154. The molecule has 3 aromatic rings. The van der Waals surface area contributed by atoms with Gasteiger partial charge in [0, 0.05) is 11.9 Å². The topological polar surface area (TPSA) is 64.0 Å². The lowest BCUT2D eigenvalue weighted by atomic mass is 10.3. The van der Waals surface area contributed by atoms with E-state index >= 15 is 0 Å². The van der Waals surface area contributed by atoms with E-state index in [4.69, 9.17) is 0 Å². The van der Waals surface area contributed by atoms with Crippen LogP contribution in [0.5, 0.6) is 0 Å². The van der Waals surface area contributed by atoms with Crippen molar-refractivity contribution in [1.82, 2.24) is 14.9 Å². The van der Waals surface area contributed by atoms with E-state index in [1.807, 2.05) is 35.9 Å². The van der Waals surface area contributed by atoms with Crippen molar-refractivity contribution in [2.45, 2.75) is 18.1 Å². The van der Waals surface area contributed by atoms with Gasteiger partial charge >= 0.3 is 0 Å². The zero-order valence-corrected chi connectivity index (χ0v) is 15.1. The monoisotopic (exact) mass is 365 g/mol. The van der Waals surface area contributed by atoms with Crippen LogP contribution in [-0.4, -0.2) is 21.2 Å². The van der Waals surface area contributed by atoms with Crippen molar-refractivity contribution in [1.29, 1.82) is 0 Å². The van der Waals surface area contributed by atoms with E-state index in [-0.39, 0.29) is 23.3 Å². The van der Waals surface area contributed by atoms with E-state index in [0.29, 0.717) is 15.4 Å². The minimum Gasteiger partial charge on any atom is -0.348 e. The van der Waals surface area contributed by atoms with Crippen LogP contribution in [0.1, 0.15) is 17.8 Å². The van der Waals surface area contributed by atoms with Crippen LogP contribution in [0.4, 0.5) is 0 Å². The SMILES string of the molecule is C[C@H](NC(=O)CSc1nc2ccsc2c(=O)n1C)c1cccs1. The predicted octanol–water partition coefficient (Wildman–Crippen LogP) is 3.03. The summed E-state index contributed by atoms with van der Waals surface area (Å²) in [6.07, 6.45) is 0. The van der Waals surface area contributed by atoms with Crippen LogP contribution in [0.15, 0.2) is 38.9 Å². The van der Waals surface area contributed by atoms with E-state index in [2.05, 4.69) is 10.3 Å². The molecule has 0 saturated carbocycles. The molecular formula is C15H15N3O2S3. The van der Waals surface area contributed by atoms with Gasteiger partial charge in [-0.3, -0.25) is 14.2 Å². The first-order valence-corrected chi connectivity index (χ1v) is 9.70. The smallest absolute Gasteiger partial charge is 0.271 e. The van der Waals surface area contributed by atoms with Crippen molar-refractivity contribution in [3.05, 3.63) is 44.2 Å². The normalized spacial score (nSPS) is 12.4. The molecule has 0 saturated heterocycles. The Morgan fingerprint density at radius 2 is 2.22 bits per heavy atom. The number of rotatable bonds is 5. The van der Waals surface area contributed by atoms with Crippen molar-refractivity contribution in [2.24, 2.45) is 7.05 Å². The Morgan fingerprint density at radius 3 is 2.96 bits per heavy atom. The van der Waals surface area contributed by atoms with E-state index in [1.165, 1.54) is 27.7 Å². The molecule has 0 spiro atoms. The molecule has 0 aliphatic rings. The number of carbonyl (C=O) groups excluding carboxylic acids is 1. The minimum atomic E-state index is -0.0736. The first kappa shape index (κ1) is 16.2. The van der Waals surface area contributed by atoms with Gasteiger partial charge < -0.3 is 5.32 Å². The van der Waals surface area contributed by atoms with Gasteiger partial charge in [0.15, 0.2) is 5.16 Å². The summed E-state index contributed by atoms with van der Waals surface area (Å²) in [4.78, 5) is 29.9. The first-order chi connectivity index (χ1) is 11.1. The second-order valence-electron chi connectivity index (χ2n) is 4.99. The third-order valence-electron chi connectivity index (χ3n) is 3.33. The largest absolute Gasteiger partial charge is 0.348 e. The molecule has 0 aliphatic heterocycles. The molecule has 8 heteroatoms. The van der Waals surface area contributed by atoms with Gasteiger partial charge in [-0.25, -0.2) is 4.98 Å². The number of carbonyl (C=O) groups is 1. The molecule has 0 fully saturated rings. The van der Waals surface area contributed by atoms with Crippen LogP contribution in [0, 0.1) is 0 Å². The number of nitrogens with one attached hydrogen (secondary N) is 1. The average molecular weight is 366 g/mol. The molecule has 3 rings (SSSR count). The summed E-state index contributed by atoms with van der Waals surface area (Å²) in [5.41, 5.74) is 0.618. The molecule has 120 valence electrons. The van der Waals surface area contributed by atoms with Crippen LogP contribution in [0.2, 0.25) is 0 Å². The average Bonchev–Trinajstić information content (AvgIpc) is 3.20. The maximum Gasteiger partial charge on any atom is 0.271 e. The Morgan fingerprint density at radius 1 is 1.39 bits per heavy atom. The summed E-state index contributed by atoms with van der Waals surface area (Å²) in [6, 6.07) is 5.77. The van der Waals surface area contributed by atoms with Crippen LogP contribution in [0.3, 0.4) is 0 Å². The van der Waals surface area contributed by atoms with Crippen molar-refractivity contribution in [3.8, 4) is 0 Å². The molecule has 0 unspecified atom stereocenters. The third-order valence-corrected chi connectivity index (χ3v) is 6.30. The standard InChI is InChI=1S/C15H15N3O2S3/c1-9(11-4-3-6-21-11)16-12(19)8-23-15-17-10-5-7-22-13(10)14(20)18(15)2/h3-7,9H,8H2,1-2H3,(H,16,19)/t9-/m0/s1. The second kappa shape index (κ2) is 6.86. The van der Waals surface area contributed by atoms with Gasteiger partial charge in [-0.1, -0.05) is 17.8 Å². The number of fused-ring (bicyclic) bond motifs is 1. The number of thioether (sulfide) groups is 1. The van der Waals surface area contributed by atoms with Gasteiger partial charge in [-0.15, -0.1) is 22.7 Å². The molecule has 3 heterocycles. The number of amides is 1. The Labute approximate surface area is 145 Å². The lowest BCUT2D eigenvalue weighted by Gasteiger charge is -2.12. The number of aromatic nitrogens is 2. The number of thiophene rings is 2. The Kier molecular flexibility index (Phi) is 4.84. The van der Waals surface area contributed by atoms with Gasteiger partial charge in [0.1, 0.15) is 4.70 Å². The summed E-state index contributed by atoms with van der Waals surface area (Å²) in [7, 11) is 1.68. The van der Waals surface area contributed by atoms with E-state index in [1.54, 1.807) is 18.4 Å². The first-order valence-electron chi connectivity index (χ1n) is 6.96. The van der Waals surface area contributed by atoms with Crippen LogP contribution < -0.4 is 10.9 Å². The van der Waals surface area contributed by atoms with Gasteiger partial charge in [0.25, 0.3) is 5.56 Å². The Hall–Kier alpha value is -1.64. The number of hydrogen-bond acceptors (Lipinski definition) is 6. The fraction of sp³-hybridized carbons (Fsp3) is 0.267. The predicted molar refractivity (Wildman–Crippen MR) is 96.5 cm³/mol. The zero-order valence-electron chi connectivity index (χ0n) is 12.6. The van der Waals surface area contributed by atoms with Crippen LogP contribution in [-0.2, 0) is 11.8 Å². The maximum absolute atomic E-state index is 12.2. The van der Waals surface area contributed by atoms with E-state index in [0.717, 1.165) is 4.88 Å². The van der Waals surface area contributed by atoms with Gasteiger partial charge in [-0.2, -0.15) is 0 Å². The minimum absolute atomic E-state index is 0.0146. The highest BCUT2D eigenvalue weighted by molar-refractivity contribution is 7.99. The summed E-state index contributed by atoms with van der Waals surface area (Å²) < 4.78 is 2.15. The zero-order chi connectivity index (χ0) is 16.4. The Bertz CT molecular complexity index is 883. The third kappa shape index (κ3) is 3.49. The molecule has 1 atom stereocenters. The van der Waals surface area contributed by atoms with E-state index < -0.39 is 0 Å². The van der Waals surface area contributed by atoms with Gasteiger partial charge in [0.2, 0.25) is 5.91 Å². The summed E-state index contributed by atoms with van der Waals surface area (Å²) >= 11 is 4.28. The summed E-state index contributed by atoms with van der Waals surface area (Å²) in [6.45, 7) is 1.96. The molecule has 0 aromatic carbocycles. The molecular weight excluding hydrogens is 350 g/mol. The second-order valence-corrected chi connectivity index (χ2v) is 7.82. The summed E-state index contributed by atoms with van der Waals surface area (Å²) in [5, 5.41) is 7.35. The highest BCUT2D eigenvalue weighted by Crippen LogP contribution is 2.21. The fourth-order valence-electron chi connectivity index (χ4n) is 2.12. The molecule has 1 N–H and O–H groups in total. The molecule has 0 radical (unpaired) electrons. The highest BCUT2D eigenvalue weighted by atomic mass is 32.2. The number of nitrogens with zero attached hydrogens (tertiary/aromatic N) is 2. The molecule has 1 amide bonds. The maximum atomic E-state index is 12.2. The van der Waals surface area contributed by atoms with Gasteiger partial charge in [0.05, 0.1) is 17.3 Å². The van der Waals surface area contributed by atoms with Crippen molar-refractivity contribution in [3.63, 3.8) is 0 Å². The van der Waals surface area contributed by atoms with Crippen molar-refractivity contribution < 1.29 is 4.79 Å². The highest BCUT2D eigenvalue weighted by Gasteiger charge is 2.14. The van der Waals surface area contributed by atoms with Crippen LogP contribution >= 0.6 is 34.4 Å². The lowest BCUT2D eigenvalue weighted by Crippen LogP contribution is -2.28.